The van der Waals surface area contributed by atoms with Crippen LogP contribution in [0.4, 0.5) is 4.39 Å². The van der Waals surface area contributed by atoms with E-state index in [-0.39, 0.29) is 25.6 Å². The first kappa shape index (κ1) is 12.4. The molecule has 0 spiro atoms. The summed E-state index contributed by atoms with van der Waals surface area (Å²) in [4.78, 5) is 0. The van der Waals surface area contributed by atoms with Crippen molar-refractivity contribution in [2.24, 2.45) is 0 Å². The Bertz CT molecular complexity index is 371. The van der Waals surface area contributed by atoms with Crippen LogP contribution < -0.4 is 0 Å². The average molecular weight is 242 g/mol. The molecule has 17 heavy (non-hydrogen) atoms. The maximum Gasteiger partial charge on any atom is 0.128 e. The summed E-state index contributed by atoms with van der Waals surface area (Å²) in [6.07, 6.45) is -2.00. The van der Waals surface area contributed by atoms with Crippen LogP contribution in [0.25, 0.3) is 0 Å². The minimum atomic E-state index is -0.869. The van der Waals surface area contributed by atoms with Crippen molar-refractivity contribution in [3.05, 3.63) is 35.6 Å². The Morgan fingerprint density at radius 1 is 1.41 bits per heavy atom. The van der Waals surface area contributed by atoms with Crippen LogP contribution in [0.3, 0.4) is 0 Å². The summed E-state index contributed by atoms with van der Waals surface area (Å²) < 4.78 is 23.8. The predicted molar refractivity (Wildman–Crippen MR) is 57.8 cm³/mol. The number of hydrogen-bond donors (Lipinski definition) is 2. The molecule has 5 heteroatoms. The smallest absolute Gasteiger partial charge is 0.128 e. The lowest BCUT2D eigenvalue weighted by atomic mass is 10.1. The highest BCUT2D eigenvalue weighted by atomic mass is 19.1. The van der Waals surface area contributed by atoms with E-state index in [4.69, 9.17) is 14.6 Å². The molecule has 4 nitrogen and oxygen atoms in total. The molecule has 0 aliphatic carbocycles. The van der Waals surface area contributed by atoms with Crippen LogP contribution in [0.1, 0.15) is 5.56 Å². The molecule has 1 aromatic rings. The van der Waals surface area contributed by atoms with Crippen molar-refractivity contribution in [1.29, 1.82) is 0 Å². The lowest BCUT2D eigenvalue weighted by molar-refractivity contribution is -0.0346. The summed E-state index contributed by atoms with van der Waals surface area (Å²) in [5, 5.41) is 18.6. The van der Waals surface area contributed by atoms with Gasteiger partial charge >= 0.3 is 0 Å². The third kappa shape index (κ3) is 2.81. The average Bonchev–Trinajstić information content (AvgIpc) is 2.69. The summed E-state index contributed by atoms with van der Waals surface area (Å²) in [6.45, 7) is 0.0392. The van der Waals surface area contributed by atoms with Gasteiger partial charge in [0.1, 0.15) is 24.1 Å². The third-order valence-corrected chi connectivity index (χ3v) is 2.83. The van der Waals surface area contributed by atoms with Crippen molar-refractivity contribution in [3.63, 3.8) is 0 Å². The molecule has 1 saturated heterocycles. The Labute approximate surface area is 98.6 Å². The third-order valence-electron chi connectivity index (χ3n) is 2.83. The van der Waals surface area contributed by atoms with Crippen molar-refractivity contribution in [2.45, 2.75) is 24.9 Å². The molecule has 0 saturated carbocycles. The van der Waals surface area contributed by atoms with Gasteiger partial charge in [0.15, 0.2) is 0 Å². The monoisotopic (exact) mass is 242 g/mol. The summed E-state index contributed by atoms with van der Waals surface area (Å²) in [5.74, 6) is -0.334. The molecule has 0 amide bonds. The number of aliphatic hydroxyl groups is 2. The number of hydrogen-bond acceptors (Lipinski definition) is 4. The standard InChI is InChI=1S/C12H15FO4/c13-9-4-2-1-3-8(9)6-16-11-7-17-10(5-14)12(11)15/h1-4,10-12,14-15H,5-7H2/t10-,11+,12-/m1/s1. The first-order valence-corrected chi connectivity index (χ1v) is 5.48. The van der Waals surface area contributed by atoms with E-state index in [9.17, 15) is 9.50 Å². The van der Waals surface area contributed by atoms with E-state index in [1.165, 1.54) is 6.07 Å². The molecule has 0 radical (unpaired) electrons. The van der Waals surface area contributed by atoms with Gasteiger partial charge in [0, 0.05) is 5.56 Å². The summed E-state index contributed by atoms with van der Waals surface area (Å²) >= 11 is 0. The largest absolute Gasteiger partial charge is 0.394 e. The van der Waals surface area contributed by atoms with E-state index in [1.807, 2.05) is 0 Å². The molecular formula is C12H15FO4. The van der Waals surface area contributed by atoms with E-state index in [2.05, 4.69) is 0 Å². The summed E-state index contributed by atoms with van der Waals surface area (Å²) in [5.41, 5.74) is 0.437. The van der Waals surface area contributed by atoms with Crippen LogP contribution in [0, 0.1) is 5.82 Å². The first-order chi connectivity index (χ1) is 8.22. The maximum atomic E-state index is 13.3. The van der Waals surface area contributed by atoms with E-state index < -0.39 is 18.3 Å². The van der Waals surface area contributed by atoms with E-state index in [0.29, 0.717) is 5.56 Å². The number of halogens is 1. The molecule has 1 aromatic carbocycles. The Hall–Kier alpha value is -1.01. The lowest BCUT2D eigenvalue weighted by Gasteiger charge is -2.16. The minimum absolute atomic E-state index is 0.0793. The minimum Gasteiger partial charge on any atom is -0.394 e. The molecule has 3 atom stereocenters. The fourth-order valence-corrected chi connectivity index (χ4v) is 1.77. The van der Waals surface area contributed by atoms with E-state index in [0.717, 1.165) is 0 Å². The number of benzene rings is 1. The van der Waals surface area contributed by atoms with Crippen LogP contribution in [0.5, 0.6) is 0 Å². The molecule has 1 aliphatic rings. The molecule has 1 heterocycles. The van der Waals surface area contributed by atoms with Crippen molar-refractivity contribution in [1.82, 2.24) is 0 Å². The topological polar surface area (TPSA) is 58.9 Å². The zero-order valence-electron chi connectivity index (χ0n) is 9.25. The number of rotatable bonds is 4. The normalized spacial score (nSPS) is 28.5. The lowest BCUT2D eigenvalue weighted by Crippen LogP contribution is -2.34. The second kappa shape index (κ2) is 5.55. The molecule has 2 rings (SSSR count). The summed E-state index contributed by atoms with van der Waals surface area (Å²) in [6, 6.07) is 6.31. The van der Waals surface area contributed by atoms with Crippen LogP contribution in [-0.2, 0) is 16.1 Å². The highest BCUT2D eigenvalue weighted by molar-refractivity contribution is 5.16. The van der Waals surface area contributed by atoms with Gasteiger partial charge in [-0.15, -0.1) is 0 Å². The SMILES string of the molecule is OC[C@H]1OC[C@H](OCc2ccccc2F)[C@@H]1O. The van der Waals surface area contributed by atoms with Gasteiger partial charge < -0.3 is 19.7 Å². The first-order valence-electron chi connectivity index (χ1n) is 5.48. The molecular weight excluding hydrogens is 227 g/mol. The Morgan fingerprint density at radius 3 is 2.82 bits per heavy atom. The molecule has 1 aliphatic heterocycles. The van der Waals surface area contributed by atoms with Gasteiger partial charge in [0.2, 0.25) is 0 Å². The second-order valence-corrected chi connectivity index (χ2v) is 3.99. The van der Waals surface area contributed by atoms with Crippen molar-refractivity contribution in [3.8, 4) is 0 Å². The molecule has 0 aromatic heterocycles. The van der Waals surface area contributed by atoms with Crippen molar-refractivity contribution >= 4 is 0 Å². The maximum absolute atomic E-state index is 13.3. The van der Waals surface area contributed by atoms with Gasteiger partial charge in [-0.3, -0.25) is 0 Å². The van der Waals surface area contributed by atoms with Gasteiger partial charge in [-0.1, -0.05) is 18.2 Å². The van der Waals surface area contributed by atoms with Gasteiger partial charge in [-0.25, -0.2) is 4.39 Å². The molecule has 94 valence electrons. The van der Waals surface area contributed by atoms with Crippen LogP contribution in [0.15, 0.2) is 24.3 Å². The molecule has 0 bridgehead atoms. The Balaban J connectivity index is 1.89. The predicted octanol–water partition coefficient (Wildman–Crippen LogP) is 0.463. The number of aliphatic hydroxyl groups excluding tert-OH is 2. The highest BCUT2D eigenvalue weighted by Gasteiger charge is 2.36. The second-order valence-electron chi connectivity index (χ2n) is 3.99. The van der Waals surface area contributed by atoms with Crippen molar-refractivity contribution < 1.29 is 24.1 Å². The Morgan fingerprint density at radius 2 is 2.18 bits per heavy atom. The molecule has 0 unspecified atom stereocenters. The van der Waals surface area contributed by atoms with E-state index in [1.54, 1.807) is 18.2 Å². The quantitative estimate of drug-likeness (QED) is 0.805. The fraction of sp³-hybridized carbons (Fsp3) is 0.500. The summed E-state index contributed by atoms with van der Waals surface area (Å²) in [7, 11) is 0. The number of ether oxygens (including phenoxy) is 2. The fourth-order valence-electron chi connectivity index (χ4n) is 1.77. The highest BCUT2D eigenvalue weighted by Crippen LogP contribution is 2.19. The van der Waals surface area contributed by atoms with Crippen LogP contribution >= 0.6 is 0 Å². The van der Waals surface area contributed by atoms with Gasteiger partial charge in [0.25, 0.3) is 0 Å². The Kier molecular flexibility index (Phi) is 4.06. The van der Waals surface area contributed by atoms with Gasteiger partial charge in [-0.05, 0) is 6.07 Å². The van der Waals surface area contributed by atoms with E-state index >= 15 is 0 Å². The van der Waals surface area contributed by atoms with Crippen LogP contribution in [-0.4, -0.2) is 41.7 Å². The zero-order chi connectivity index (χ0) is 12.3. The zero-order valence-corrected chi connectivity index (χ0v) is 9.25. The van der Waals surface area contributed by atoms with Gasteiger partial charge in [-0.2, -0.15) is 0 Å². The molecule has 2 N–H and O–H groups in total. The molecule has 1 fully saturated rings. The van der Waals surface area contributed by atoms with Crippen molar-refractivity contribution in [2.75, 3.05) is 13.2 Å². The van der Waals surface area contributed by atoms with Gasteiger partial charge in [0.05, 0.1) is 19.8 Å². The van der Waals surface area contributed by atoms with Crippen LogP contribution in [0.2, 0.25) is 0 Å².